The van der Waals surface area contributed by atoms with E-state index in [0.29, 0.717) is 5.69 Å². The van der Waals surface area contributed by atoms with Crippen molar-refractivity contribution in [3.63, 3.8) is 0 Å². The summed E-state index contributed by atoms with van der Waals surface area (Å²) in [4.78, 5) is 12.5. The average Bonchev–Trinajstić information content (AvgIpc) is 3.09. The van der Waals surface area contributed by atoms with E-state index in [-0.39, 0.29) is 10.5 Å². The molecule has 3 aromatic rings. The van der Waals surface area contributed by atoms with E-state index in [2.05, 4.69) is 10.4 Å². The highest BCUT2D eigenvalue weighted by Gasteiger charge is 2.18. The Hall–Kier alpha value is -2.93. The molecule has 7 heteroatoms. The van der Waals surface area contributed by atoms with Crippen LogP contribution in [0.25, 0.3) is 5.69 Å². The Balaban J connectivity index is 1.90. The molecule has 2 aromatic carbocycles. The first-order valence-corrected chi connectivity index (χ1v) is 9.05. The summed E-state index contributed by atoms with van der Waals surface area (Å²) in [6.45, 7) is 0. The summed E-state index contributed by atoms with van der Waals surface area (Å²) in [6, 6.07) is 15.1. The van der Waals surface area contributed by atoms with E-state index in [1.165, 1.54) is 12.1 Å². The lowest BCUT2D eigenvalue weighted by Crippen LogP contribution is -2.16. The van der Waals surface area contributed by atoms with E-state index >= 15 is 0 Å². The molecule has 0 spiro atoms. The smallest absolute Gasteiger partial charge is 0.256 e. The van der Waals surface area contributed by atoms with Crippen LogP contribution in [-0.2, 0) is 9.84 Å². The van der Waals surface area contributed by atoms with E-state index in [4.69, 9.17) is 0 Å². The van der Waals surface area contributed by atoms with E-state index in [0.717, 1.165) is 11.9 Å². The Morgan fingerprint density at radius 3 is 2.58 bits per heavy atom. The number of anilines is 1. The van der Waals surface area contributed by atoms with Crippen LogP contribution in [0, 0.1) is 0 Å². The number of rotatable bonds is 4. The third-order valence-corrected chi connectivity index (χ3v) is 4.56. The zero-order chi connectivity index (χ0) is 17.2. The van der Waals surface area contributed by atoms with Gasteiger partial charge in [0.15, 0.2) is 9.84 Å². The van der Waals surface area contributed by atoms with Crippen molar-refractivity contribution >= 4 is 21.4 Å². The maximum absolute atomic E-state index is 12.5. The van der Waals surface area contributed by atoms with Gasteiger partial charge in [-0.05, 0) is 36.4 Å². The summed E-state index contributed by atoms with van der Waals surface area (Å²) in [7, 11) is -3.49. The van der Waals surface area contributed by atoms with Gasteiger partial charge in [0.2, 0.25) is 0 Å². The molecule has 1 heterocycles. The minimum absolute atomic E-state index is 0.00531. The van der Waals surface area contributed by atoms with Crippen LogP contribution in [0.15, 0.2) is 71.9 Å². The predicted octanol–water partition coefficient (Wildman–Crippen LogP) is 2.53. The standard InChI is InChI=1S/C17H15N3O3S/c1-24(22,23)16-9-3-2-8-15(16)17(21)19-13-6-4-7-14(12-13)20-11-5-10-18-20/h2-12H,1H3,(H,19,21). The molecule has 0 aliphatic heterocycles. The molecule has 6 nitrogen and oxygen atoms in total. The molecule has 0 unspecified atom stereocenters. The molecule has 122 valence electrons. The van der Waals surface area contributed by atoms with Crippen LogP contribution in [-0.4, -0.2) is 30.4 Å². The number of amides is 1. The SMILES string of the molecule is CS(=O)(=O)c1ccccc1C(=O)Nc1cccc(-n2cccn2)c1. The Morgan fingerprint density at radius 1 is 1.08 bits per heavy atom. The lowest BCUT2D eigenvalue weighted by atomic mass is 10.2. The number of nitrogens with one attached hydrogen (secondary N) is 1. The van der Waals surface area contributed by atoms with Gasteiger partial charge in [-0.2, -0.15) is 5.10 Å². The molecular formula is C17H15N3O3S. The maximum Gasteiger partial charge on any atom is 0.256 e. The third kappa shape index (κ3) is 3.36. The number of aromatic nitrogens is 2. The maximum atomic E-state index is 12.5. The van der Waals surface area contributed by atoms with Gasteiger partial charge < -0.3 is 5.32 Å². The molecule has 1 amide bonds. The highest BCUT2D eigenvalue weighted by Crippen LogP contribution is 2.19. The Bertz CT molecular complexity index is 980. The van der Waals surface area contributed by atoms with Crippen LogP contribution in [0.4, 0.5) is 5.69 Å². The topological polar surface area (TPSA) is 81.1 Å². The zero-order valence-electron chi connectivity index (χ0n) is 12.9. The highest BCUT2D eigenvalue weighted by atomic mass is 32.2. The summed E-state index contributed by atoms with van der Waals surface area (Å²) in [6.07, 6.45) is 4.53. The van der Waals surface area contributed by atoms with E-state index in [9.17, 15) is 13.2 Å². The first kappa shape index (κ1) is 15.9. The predicted molar refractivity (Wildman–Crippen MR) is 91.1 cm³/mol. The van der Waals surface area contributed by atoms with Gasteiger partial charge >= 0.3 is 0 Å². The fourth-order valence-corrected chi connectivity index (χ4v) is 3.21. The molecule has 0 radical (unpaired) electrons. The summed E-state index contributed by atoms with van der Waals surface area (Å²) in [5.74, 6) is -0.478. The zero-order valence-corrected chi connectivity index (χ0v) is 13.7. The number of benzene rings is 2. The van der Waals surface area contributed by atoms with Crippen LogP contribution < -0.4 is 5.32 Å². The highest BCUT2D eigenvalue weighted by molar-refractivity contribution is 7.90. The van der Waals surface area contributed by atoms with Gasteiger partial charge in [0, 0.05) is 24.3 Å². The lowest BCUT2D eigenvalue weighted by Gasteiger charge is -2.10. The van der Waals surface area contributed by atoms with Gasteiger partial charge in [-0.3, -0.25) is 4.79 Å². The third-order valence-electron chi connectivity index (χ3n) is 3.40. The van der Waals surface area contributed by atoms with Gasteiger partial charge in [0.05, 0.1) is 16.1 Å². The van der Waals surface area contributed by atoms with Gasteiger partial charge in [-0.1, -0.05) is 18.2 Å². The van der Waals surface area contributed by atoms with Crippen molar-refractivity contribution in [2.45, 2.75) is 4.90 Å². The molecule has 0 aliphatic carbocycles. The molecule has 0 saturated heterocycles. The number of carbonyl (C=O) groups excluding carboxylic acids is 1. The Labute approximate surface area is 139 Å². The van der Waals surface area contributed by atoms with Crippen molar-refractivity contribution in [1.82, 2.24) is 9.78 Å². The number of nitrogens with zero attached hydrogens (tertiary/aromatic N) is 2. The second kappa shape index (κ2) is 6.29. The molecule has 0 saturated carbocycles. The molecule has 24 heavy (non-hydrogen) atoms. The van der Waals surface area contributed by atoms with E-state index in [1.807, 2.05) is 6.07 Å². The fourth-order valence-electron chi connectivity index (χ4n) is 2.32. The summed E-state index contributed by atoms with van der Waals surface area (Å²) >= 11 is 0. The summed E-state index contributed by atoms with van der Waals surface area (Å²) < 4.78 is 25.3. The van der Waals surface area contributed by atoms with Crippen molar-refractivity contribution in [1.29, 1.82) is 0 Å². The Kier molecular flexibility index (Phi) is 4.18. The van der Waals surface area contributed by atoms with Crippen molar-refractivity contribution in [2.75, 3.05) is 11.6 Å². The molecule has 1 aromatic heterocycles. The van der Waals surface area contributed by atoms with Crippen LogP contribution in [0.2, 0.25) is 0 Å². The van der Waals surface area contributed by atoms with Crippen LogP contribution in [0.3, 0.4) is 0 Å². The second-order valence-corrected chi connectivity index (χ2v) is 7.21. The number of sulfone groups is 1. The number of hydrogen-bond acceptors (Lipinski definition) is 4. The van der Waals surface area contributed by atoms with Gasteiger partial charge in [-0.25, -0.2) is 13.1 Å². The monoisotopic (exact) mass is 341 g/mol. The van der Waals surface area contributed by atoms with E-state index < -0.39 is 15.7 Å². The molecule has 0 aliphatic rings. The van der Waals surface area contributed by atoms with Crippen LogP contribution >= 0.6 is 0 Å². The molecular weight excluding hydrogens is 326 g/mol. The molecule has 1 N–H and O–H groups in total. The normalized spacial score (nSPS) is 11.2. The minimum atomic E-state index is -3.49. The number of carbonyl (C=O) groups is 1. The molecule has 0 fully saturated rings. The summed E-state index contributed by atoms with van der Waals surface area (Å²) in [5, 5.41) is 6.86. The minimum Gasteiger partial charge on any atom is -0.322 e. The molecule has 3 rings (SSSR count). The van der Waals surface area contributed by atoms with Crippen molar-refractivity contribution in [2.24, 2.45) is 0 Å². The quantitative estimate of drug-likeness (QED) is 0.791. The van der Waals surface area contributed by atoms with Crippen molar-refractivity contribution in [3.8, 4) is 5.69 Å². The molecule has 0 bridgehead atoms. The van der Waals surface area contributed by atoms with Gasteiger partial charge in [0.25, 0.3) is 5.91 Å². The van der Waals surface area contributed by atoms with Crippen molar-refractivity contribution < 1.29 is 13.2 Å². The van der Waals surface area contributed by atoms with Gasteiger partial charge in [0.1, 0.15) is 0 Å². The second-order valence-electron chi connectivity index (χ2n) is 5.22. The first-order valence-electron chi connectivity index (χ1n) is 7.16. The van der Waals surface area contributed by atoms with Crippen LogP contribution in [0.5, 0.6) is 0 Å². The van der Waals surface area contributed by atoms with E-state index in [1.54, 1.807) is 53.5 Å². The van der Waals surface area contributed by atoms with Crippen molar-refractivity contribution in [3.05, 3.63) is 72.6 Å². The Morgan fingerprint density at radius 2 is 1.88 bits per heavy atom. The summed E-state index contributed by atoms with van der Waals surface area (Å²) in [5.41, 5.74) is 1.45. The first-order chi connectivity index (χ1) is 11.4. The van der Waals surface area contributed by atoms with Gasteiger partial charge in [-0.15, -0.1) is 0 Å². The molecule has 0 atom stereocenters. The van der Waals surface area contributed by atoms with Crippen LogP contribution in [0.1, 0.15) is 10.4 Å². The fraction of sp³-hybridized carbons (Fsp3) is 0.0588. The average molecular weight is 341 g/mol. The largest absolute Gasteiger partial charge is 0.322 e. The lowest BCUT2D eigenvalue weighted by molar-refractivity contribution is 0.102. The number of hydrogen-bond donors (Lipinski definition) is 1.